The Kier molecular flexibility index (Phi) is 6.67. The van der Waals surface area contributed by atoms with Crippen LogP contribution in [0.25, 0.3) is 0 Å². The summed E-state index contributed by atoms with van der Waals surface area (Å²) in [7, 11) is 0. The zero-order valence-corrected chi connectivity index (χ0v) is 24.8. The minimum atomic E-state index is -1.14. The number of aliphatic hydroxyl groups excluding tert-OH is 1. The van der Waals surface area contributed by atoms with Gasteiger partial charge in [-0.15, -0.1) is 0 Å². The van der Waals surface area contributed by atoms with Gasteiger partial charge >= 0.3 is 0 Å². The number of hydrogen-bond donors (Lipinski definition) is 3. The molecule has 0 aromatic heterocycles. The number of aliphatic hydroxyl groups is 3. The maximum Gasteiger partial charge on any atom is 0.130 e. The number of β-amino-alcohol motifs (C(OH)–C–C–N with tert-alkyl or cyclic N) is 1. The Hall–Kier alpha value is -2.24. The Morgan fingerprint density at radius 1 is 0.829 bits per heavy atom. The second-order valence-corrected chi connectivity index (χ2v) is 14.4. The van der Waals surface area contributed by atoms with Gasteiger partial charge in [0, 0.05) is 18.0 Å². The Labute approximate surface area is 245 Å². The molecule has 1 aliphatic heterocycles. The molecule has 3 N–H and O–H groups in total. The van der Waals surface area contributed by atoms with Crippen LogP contribution in [0.1, 0.15) is 82.8 Å². The van der Waals surface area contributed by atoms with E-state index in [1.807, 2.05) is 36.4 Å². The molecule has 4 heteroatoms. The third-order valence-corrected chi connectivity index (χ3v) is 12.6. The molecule has 7 atom stereocenters. The summed E-state index contributed by atoms with van der Waals surface area (Å²) in [4.78, 5) is 2.43. The molecule has 5 aliphatic rings. The van der Waals surface area contributed by atoms with E-state index in [4.69, 9.17) is 0 Å². The molecule has 0 radical (unpaired) electrons. The molecule has 1 heterocycles. The van der Waals surface area contributed by atoms with Crippen LogP contribution >= 0.6 is 0 Å². The van der Waals surface area contributed by atoms with Crippen LogP contribution in [0.5, 0.6) is 0 Å². The van der Waals surface area contributed by atoms with Crippen molar-refractivity contribution in [3.8, 4) is 0 Å². The Balaban J connectivity index is 1.20. The molecule has 4 nitrogen and oxygen atoms in total. The van der Waals surface area contributed by atoms with E-state index >= 15 is 0 Å². The van der Waals surface area contributed by atoms with Crippen molar-refractivity contribution in [1.29, 1.82) is 0 Å². The second kappa shape index (κ2) is 9.91. The van der Waals surface area contributed by atoms with Gasteiger partial charge in [0.15, 0.2) is 0 Å². The van der Waals surface area contributed by atoms with Crippen LogP contribution in [0, 0.1) is 22.7 Å². The molecule has 0 bridgehead atoms. The van der Waals surface area contributed by atoms with E-state index in [2.05, 4.69) is 55.2 Å². The summed E-state index contributed by atoms with van der Waals surface area (Å²) < 4.78 is 0. The molecule has 4 aliphatic carbocycles. The predicted octanol–water partition coefficient (Wildman–Crippen LogP) is 6.36. The van der Waals surface area contributed by atoms with Crippen LogP contribution in [0.15, 0.2) is 84.0 Å². The number of rotatable bonds is 5. The van der Waals surface area contributed by atoms with Crippen molar-refractivity contribution in [1.82, 2.24) is 4.90 Å². The standard InChI is InChI=1S/C37H47NO3/c1-34-20-17-29(39)24-28(34)15-16-30-31(34)18-21-35(2)32(30)19-22-36(35,40)25-38-23-9-14-33(38)37(41,26-10-5-3-6-11-26)27-12-7-4-8-13-27/h3-8,10-13,15-16,29,31-33,39-41H,9,14,17-25H2,1-2H3. The lowest BCUT2D eigenvalue weighted by Crippen LogP contribution is -2.58. The number of likely N-dealkylation sites (tertiary alicyclic amines) is 1. The fraction of sp³-hybridized carbons (Fsp3) is 0.568. The highest BCUT2D eigenvalue weighted by Crippen LogP contribution is 2.66. The number of benzene rings is 2. The summed E-state index contributed by atoms with van der Waals surface area (Å²) in [6, 6.07) is 20.2. The van der Waals surface area contributed by atoms with Gasteiger partial charge in [0.25, 0.3) is 0 Å². The first kappa shape index (κ1) is 27.6. The zero-order valence-electron chi connectivity index (χ0n) is 24.8. The van der Waals surface area contributed by atoms with Gasteiger partial charge in [0.05, 0.1) is 11.7 Å². The highest BCUT2D eigenvalue weighted by atomic mass is 16.3. The van der Waals surface area contributed by atoms with Gasteiger partial charge in [0.1, 0.15) is 5.60 Å². The maximum absolute atomic E-state index is 12.7. The summed E-state index contributed by atoms with van der Waals surface area (Å²) in [6.07, 6.45) is 13.2. The molecule has 3 saturated carbocycles. The molecule has 41 heavy (non-hydrogen) atoms. The van der Waals surface area contributed by atoms with E-state index in [0.29, 0.717) is 18.4 Å². The first-order chi connectivity index (χ1) is 19.7. The summed E-state index contributed by atoms with van der Waals surface area (Å²) in [5.41, 5.74) is 2.86. The Bertz CT molecular complexity index is 1300. The highest BCUT2D eigenvalue weighted by Gasteiger charge is 2.63. The van der Waals surface area contributed by atoms with Crippen LogP contribution in [-0.2, 0) is 5.60 Å². The van der Waals surface area contributed by atoms with Crippen molar-refractivity contribution >= 4 is 0 Å². The van der Waals surface area contributed by atoms with Gasteiger partial charge in [-0.3, -0.25) is 4.90 Å². The molecular formula is C37H47NO3. The minimum Gasteiger partial charge on any atom is -0.393 e. The monoisotopic (exact) mass is 553 g/mol. The molecule has 7 unspecified atom stereocenters. The molecule has 4 fully saturated rings. The lowest BCUT2D eigenvalue weighted by Gasteiger charge is -2.56. The summed E-state index contributed by atoms with van der Waals surface area (Å²) in [5.74, 6) is 0.909. The number of nitrogens with zero attached hydrogens (tertiary/aromatic N) is 1. The van der Waals surface area contributed by atoms with Crippen molar-refractivity contribution in [2.75, 3.05) is 13.1 Å². The van der Waals surface area contributed by atoms with E-state index in [0.717, 1.165) is 75.5 Å². The largest absolute Gasteiger partial charge is 0.393 e. The molecular weight excluding hydrogens is 506 g/mol. The molecule has 2 aromatic carbocycles. The summed E-state index contributed by atoms with van der Waals surface area (Å²) >= 11 is 0. The third kappa shape index (κ3) is 4.08. The fourth-order valence-corrected chi connectivity index (χ4v) is 10.1. The van der Waals surface area contributed by atoms with Crippen molar-refractivity contribution < 1.29 is 15.3 Å². The lowest BCUT2D eigenvalue weighted by molar-refractivity contribution is -0.115. The average molecular weight is 554 g/mol. The smallest absolute Gasteiger partial charge is 0.130 e. The van der Waals surface area contributed by atoms with Gasteiger partial charge in [-0.2, -0.15) is 0 Å². The average Bonchev–Trinajstić information content (AvgIpc) is 3.55. The van der Waals surface area contributed by atoms with E-state index in [-0.39, 0.29) is 23.0 Å². The number of allylic oxidation sites excluding steroid dienone is 3. The normalized spacial score (nSPS) is 39.0. The van der Waals surface area contributed by atoms with Crippen molar-refractivity contribution in [2.24, 2.45) is 22.7 Å². The van der Waals surface area contributed by atoms with Gasteiger partial charge in [-0.25, -0.2) is 0 Å². The first-order valence-electron chi connectivity index (χ1n) is 16.1. The Morgan fingerprint density at radius 2 is 1.49 bits per heavy atom. The zero-order chi connectivity index (χ0) is 28.5. The molecule has 0 amide bonds. The SMILES string of the molecule is CC12CCC(O)CC1=CC=C1C2CCC2(C)C1CCC2(O)CN1CCCC1C(O)(c1ccccc1)c1ccccc1. The van der Waals surface area contributed by atoms with Gasteiger partial charge < -0.3 is 15.3 Å². The topological polar surface area (TPSA) is 63.9 Å². The number of hydrogen-bond acceptors (Lipinski definition) is 4. The molecule has 2 aromatic rings. The van der Waals surface area contributed by atoms with Crippen LogP contribution in [0.4, 0.5) is 0 Å². The molecule has 218 valence electrons. The van der Waals surface area contributed by atoms with Gasteiger partial charge in [-0.1, -0.05) is 97.8 Å². The predicted molar refractivity (Wildman–Crippen MR) is 163 cm³/mol. The van der Waals surface area contributed by atoms with Crippen LogP contribution in [-0.4, -0.2) is 51.1 Å². The van der Waals surface area contributed by atoms with Crippen molar-refractivity contribution in [3.63, 3.8) is 0 Å². The first-order valence-corrected chi connectivity index (χ1v) is 16.1. The second-order valence-electron chi connectivity index (χ2n) is 14.4. The van der Waals surface area contributed by atoms with Gasteiger partial charge in [-0.05, 0) is 92.7 Å². The van der Waals surface area contributed by atoms with Crippen molar-refractivity contribution in [3.05, 3.63) is 95.1 Å². The third-order valence-electron chi connectivity index (χ3n) is 12.6. The van der Waals surface area contributed by atoms with Crippen LogP contribution in [0.2, 0.25) is 0 Å². The quantitative estimate of drug-likeness (QED) is 0.403. The van der Waals surface area contributed by atoms with Crippen LogP contribution < -0.4 is 0 Å². The summed E-state index contributed by atoms with van der Waals surface area (Å²) in [6.45, 7) is 6.30. The fourth-order valence-electron chi connectivity index (χ4n) is 10.1. The number of fused-ring (bicyclic) bond motifs is 5. The van der Waals surface area contributed by atoms with Crippen LogP contribution in [0.3, 0.4) is 0 Å². The minimum absolute atomic E-state index is 0.0951. The van der Waals surface area contributed by atoms with E-state index in [1.54, 1.807) is 5.57 Å². The van der Waals surface area contributed by atoms with E-state index < -0.39 is 11.2 Å². The van der Waals surface area contributed by atoms with Gasteiger partial charge in [0.2, 0.25) is 0 Å². The molecule has 1 saturated heterocycles. The van der Waals surface area contributed by atoms with E-state index in [9.17, 15) is 15.3 Å². The molecule has 7 rings (SSSR count). The Morgan fingerprint density at radius 3 is 2.17 bits per heavy atom. The maximum atomic E-state index is 12.7. The lowest BCUT2D eigenvalue weighted by atomic mass is 9.50. The van der Waals surface area contributed by atoms with Crippen molar-refractivity contribution in [2.45, 2.75) is 95.0 Å². The highest BCUT2D eigenvalue weighted by molar-refractivity contribution is 5.41. The molecule has 0 spiro atoms. The summed E-state index contributed by atoms with van der Waals surface area (Å²) in [5, 5.41) is 35.6. The van der Waals surface area contributed by atoms with E-state index in [1.165, 1.54) is 5.57 Å².